The SMILES string of the molecule is COC(=O)NC(C(=O)N1CCC[C@H]1c1nc2cc(F)c([C@H]3CC[C@H](c4cc5[nH]c([C@@H]6CCCN6C(=O)[C@@H](NC(=O)OC)C(C)C)nc5cc4F)N3c3cc(F)c(N4CCC(c5ccc(C)s5)CC4)c(F)c3)cc2[nH]1)C(C)C. The van der Waals surface area contributed by atoms with Crippen LogP contribution in [0.4, 0.5) is 38.5 Å². The van der Waals surface area contributed by atoms with E-state index in [1.54, 1.807) is 43.1 Å². The summed E-state index contributed by atoms with van der Waals surface area (Å²) in [5, 5.41) is 5.31. The van der Waals surface area contributed by atoms with Gasteiger partial charge in [0.15, 0.2) is 11.6 Å². The van der Waals surface area contributed by atoms with Crippen LogP contribution >= 0.6 is 11.3 Å². The molecule has 0 aliphatic carbocycles. The standard InChI is InChI=1S/C56H66F4N10O6S/c1-28(2)48(65-55(73)75-6)53(71)68-18-8-10-45(68)51-61-39-24-33(35(57)26-41(39)63-51)43-13-14-44(70(43)32-22-37(59)50(38(60)23-32)67-20-16-31(17-21-67)47-15-12-30(5)77-47)34-25-40-42(27-36(34)58)64-52(62-40)46-11-9-19-69(46)54(72)49(29(3)4)66-56(74)76-7/h12,15,22-29,31,43-46,48-49H,8-11,13-14,16-21H2,1-7H3,(H,61,63)(H,62,64)(H,65,73)(H,66,74)/t43-,44-,45+,46+,48+,49?/m1/s1. The van der Waals surface area contributed by atoms with Crippen molar-refractivity contribution in [2.24, 2.45) is 11.8 Å². The number of rotatable bonds is 13. The van der Waals surface area contributed by atoms with Gasteiger partial charge in [-0.15, -0.1) is 11.3 Å². The van der Waals surface area contributed by atoms with Crippen molar-refractivity contribution in [1.82, 2.24) is 40.4 Å². The molecule has 3 aromatic carbocycles. The van der Waals surface area contributed by atoms with Crippen LogP contribution in [0.25, 0.3) is 22.1 Å². The maximum Gasteiger partial charge on any atom is 0.407 e. The predicted molar refractivity (Wildman–Crippen MR) is 285 cm³/mol. The molecule has 16 nitrogen and oxygen atoms in total. The van der Waals surface area contributed by atoms with Crippen molar-refractivity contribution in [2.45, 2.75) is 128 Å². The molecule has 1 unspecified atom stereocenters. The van der Waals surface area contributed by atoms with Gasteiger partial charge in [0, 0.05) is 64.9 Å². The van der Waals surface area contributed by atoms with Gasteiger partial charge < -0.3 is 49.7 Å². The van der Waals surface area contributed by atoms with Crippen LogP contribution in [0.15, 0.2) is 48.5 Å². The monoisotopic (exact) mass is 1080 g/mol. The van der Waals surface area contributed by atoms with Gasteiger partial charge in [-0.25, -0.2) is 37.1 Å². The summed E-state index contributed by atoms with van der Waals surface area (Å²) < 4.78 is 77.2. The first-order chi connectivity index (χ1) is 36.9. The number of H-pyrrole nitrogens is 2. The van der Waals surface area contributed by atoms with Crippen LogP contribution in [0.2, 0.25) is 0 Å². The Morgan fingerprint density at radius 2 is 1.09 bits per heavy atom. The number of imidazole rings is 2. The minimum atomic E-state index is -0.857. The minimum Gasteiger partial charge on any atom is -0.453 e. The van der Waals surface area contributed by atoms with E-state index in [4.69, 9.17) is 19.4 Å². The molecule has 7 heterocycles. The Balaban J connectivity index is 0.994. The smallest absolute Gasteiger partial charge is 0.407 e. The van der Waals surface area contributed by atoms with Gasteiger partial charge in [0.1, 0.15) is 41.1 Å². The fourth-order valence-corrected chi connectivity index (χ4v) is 13.2. The van der Waals surface area contributed by atoms with Crippen LogP contribution in [-0.4, -0.2) is 106 Å². The van der Waals surface area contributed by atoms with E-state index in [2.05, 4.69) is 39.7 Å². The summed E-state index contributed by atoms with van der Waals surface area (Å²) in [6.07, 6.45) is 3.02. The van der Waals surface area contributed by atoms with Gasteiger partial charge >= 0.3 is 12.2 Å². The van der Waals surface area contributed by atoms with Gasteiger partial charge in [0.25, 0.3) is 0 Å². The van der Waals surface area contributed by atoms with Gasteiger partial charge in [0.2, 0.25) is 11.8 Å². The Kier molecular flexibility index (Phi) is 15.2. The third-order valence-corrected chi connectivity index (χ3v) is 17.3. The molecule has 410 valence electrons. The number of carbonyl (C=O) groups excluding carboxylic acids is 4. The first-order valence-corrected chi connectivity index (χ1v) is 27.5. The van der Waals surface area contributed by atoms with E-state index in [0.29, 0.717) is 85.6 Å². The third-order valence-electron chi connectivity index (χ3n) is 16.1. The number of amides is 4. The highest BCUT2D eigenvalue weighted by Crippen LogP contribution is 2.50. The lowest BCUT2D eigenvalue weighted by molar-refractivity contribution is -0.136. The second-order valence-corrected chi connectivity index (χ2v) is 22.9. The van der Waals surface area contributed by atoms with Crippen molar-refractivity contribution in [3.8, 4) is 0 Å². The van der Waals surface area contributed by atoms with E-state index >= 15 is 17.6 Å². The van der Waals surface area contributed by atoms with Gasteiger partial charge in [-0.3, -0.25) is 9.59 Å². The number of alkyl carbamates (subject to hydrolysis) is 2. The lowest BCUT2D eigenvalue weighted by Crippen LogP contribution is -2.51. The fraction of sp³-hybridized carbons (Fsp3) is 0.500. The maximum absolute atomic E-state index is 17.0. The Labute approximate surface area is 448 Å². The van der Waals surface area contributed by atoms with Gasteiger partial charge in [-0.05, 0) is 112 Å². The number of piperidine rings is 1. The number of aryl methyl sites for hydroxylation is 1. The molecule has 3 aromatic heterocycles. The molecule has 6 aromatic rings. The molecule has 4 fully saturated rings. The molecule has 77 heavy (non-hydrogen) atoms. The van der Waals surface area contributed by atoms with Crippen LogP contribution in [-0.2, 0) is 19.1 Å². The number of halogens is 4. The molecule has 4 amide bonds. The van der Waals surface area contributed by atoms with Gasteiger partial charge in [-0.2, -0.15) is 0 Å². The Hall–Kier alpha value is -6.90. The molecule has 10 rings (SSSR count). The third kappa shape index (κ3) is 10.4. The Bertz CT molecular complexity index is 3030. The molecule has 0 bridgehead atoms. The average Bonchev–Trinajstić information content (AvgIpc) is 4.30. The number of aromatic amines is 2. The first-order valence-electron chi connectivity index (χ1n) is 26.7. The molecule has 4 aliphatic heterocycles. The van der Waals surface area contributed by atoms with Crippen molar-refractivity contribution in [2.75, 3.05) is 50.2 Å². The Morgan fingerprint density at radius 3 is 1.51 bits per heavy atom. The van der Waals surface area contributed by atoms with E-state index < -0.39 is 71.7 Å². The maximum atomic E-state index is 17.0. The molecular formula is C56H66F4N10O6S. The molecule has 21 heteroatoms. The summed E-state index contributed by atoms with van der Waals surface area (Å²) in [4.78, 5) is 77.9. The number of ether oxygens (including phenoxy) is 2. The zero-order valence-corrected chi connectivity index (χ0v) is 45.2. The van der Waals surface area contributed by atoms with Crippen molar-refractivity contribution >= 4 is 68.8 Å². The van der Waals surface area contributed by atoms with Crippen LogP contribution in [0.5, 0.6) is 0 Å². The van der Waals surface area contributed by atoms with Gasteiger partial charge in [0.05, 0.1) is 60.5 Å². The number of carbonyl (C=O) groups is 4. The zero-order valence-electron chi connectivity index (χ0n) is 44.4. The number of methoxy groups -OCH3 is 2. The topological polar surface area (TPSA) is 181 Å². The highest BCUT2D eigenvalue weighted by atomic mass is 32.1. The second-order valence-electron chi connectivity index (χ2n) is 21.6. The van der Waals surface area contributed by atoms with Crippen LogP contribution in [0.3, 0.4) is 0 Å². The Morgan fingerprint density at radius 1 is 0.623 bits per heavy atom. The van der Waals surface area contributed by atoms with Crippen molar-refractivity contribution in [3.05, 3.63) is 104 Å². The second kappa shape index (κ2) is 21.9. The number of benzene rings is 3. The summed E-state index contributed by atoms with van der Waals surface area (Å²) >= 11 is 1.74. The summed E-state index contributed by atoms with van der Waals surface area (Å²) in [6.45, 7) is 11.1. The number of hydrogen-bond donors (Lipinski definition) is 4. The quantitative estimate of drug-likeness (QED) is 0.0813. The highest BCUT2D eigenvalue weighted by molar-refractivity contribution is 7.12. The van der Waals surface area contributed by atoms with E-state index in [1.165, 1.54) is 48.2 Å². The summed E-state index contributed by atoms with van der Waals surface area (Å²) in [6, 6.07) is 8.25. The number of fused-ring (bicyclic) bond motifs is 2. The summed E-state index contributed by atoms with van der Waals surface area (Å²) in [7, 11) is 2.46. The summed E-state index contributed by atoms with van der Waals surface area (Å²) in [5.41, 5.74) is 1.92. The van der Waals surface area contributed by atoms with Gasteiger partial charge in [-0.1, -0.05) is 27.7 Å². The molecule has 0 spiro atoms. The van der Waals surface area contributed by atoms with Crippen LogP contribution in [0.1, 0.15) is 142 Å². The molecular weight excluding hydrogens is 1020 g/mol. The number of hydrogen-bond acceptors (Lipinski definition) is 11. The first kappa shape index (κ1) is 53.5. The molecule has 0 radical (unpaired) electrons. The highest BCUT2D eigenvalue weighted by Gasteiger charge is 2.43. The molecule has 6 atom stereocenters. The largest absolute Gasteiger partial charge is 0.453 e. The number of likely N-dealkylation sites (tertiary alicyclic amines) is 2. The number of nitrogens with one attached hydrogen (secondary N) is 4. The normalized spacial score (nSPS) is 21.0. The predicted octanol–water partition coefficient (Wildman–Crippen LogP) is 10.9. The van der Waals surface area contributed by atoms with E-state index in [0.717, 1.165) is 12.8 Å². The average molecular weight is 1080 g/mol. The molecule has 4 N–H and O–H groups in total. The van der Waals surface area contributed by atoms with Crippen LogP contribution in [0, 0.1) is 42.0 Å². The van der Waals surface area contributed by atoms with E-state index in [-0.39, 0.29) is 64.9 Å². The number of aromatic nitrogens is 4. The lowest BCUT2D eigenvalue weighted by atomic mass is 9.94. The zero-order chi connectivity index (χ0) is 54.6. The molecule has 4 aliphatic rings. The minimum absolute atomic E-state index is 0.107. The number of anilines is 2. The number of nitrogens with zero attached hydrogens (tertiary/aromatic N) is 6. The lowest BCUT2D eigenvalue weighted by Gasteiger charge is -2.36. The molecule has 4 saturated heterocycles. The van der Waals surface area contributed by atoms with Crippen molar-refractivity contribution in [1.29, 1.82) is 0 Å². The fourth-order valence-electron chi connectivity index (χ4n) is 12.2. The summed E-state index contributed by atoms with van der Waals surface area (Å²) in [5.74, 6) is -2.75. The van der Waals surface area contributed by atoms with Crippen molar-refractivity contribution in [3.63, 3.8) is 0 Å². The molecule has 0 saturated carbocycles. The number of thiophene rings is 1. The van der Waals surface area contributed by atoms with Crippen LogP contribution < -0.4 is 20.4 Å². The van der Waals surface area contributed by atoms with E-state index in [1.807, 2.05) is 27.7 Å². The van der Waals surface area contributed by atoms with E-state index in [9.17, 15) is 19.2 Å². The van der Waals surface area contributed by atoms with Crippen molar-refractivity contribution < 1.29 is 46.2 Å².